The molecule has 0 saturated carbocycles. The number of aromatic nitrogens is 1. The first-order chi connectivity index (χ1) is 7.78. The summed E-state index contributed by atoms with van der Waals surface area (Å²) in [6.07, 6.45) is 0. The maximum atomic E-state index is 8.89. The molecule has 5 heteroatoms. The predicted molar refractivity (Wildman–Crippen MR) is 69.0 cm³/mol. The van der Waals surface area contributed by atoms with Crippen molar-refractivity contribution in [2.45, 2.75) is 17.3 Å². The monoisotopic (exact) mass is 271 g/mol. The quantitative estimate of drug-likeness (QED) is 0.863. The lowest BCUT2D eigenvalue weighted by Gasteiger charge is -1.98. The fourth-order valence-corrected chi connectivity index (χ4v) is 2.99. The number of hydrogen-bond acceptors (Lipinski definition) is 4. The third kappa shape index (κ3) is 3.22. The Morgan fingerprint density at radius 3 is 2.69 bits per heavy atom. The van der Waals surface area contributed by atoms with Crippen molar-refractivity contribution in [1.29, 1.82) is 0 Å². The fraction of sp³-hybridized carbons (Fsp3) is 0.182. The van der Waals surface area contributed by atoms with Crippen LogP contribution in [0.2, 0.25) is 5.02 Å². The molecule has 2 nitrogen and oxygen atoms in total. The molecule has 1 heterocycles. The van der Waals surface area contributed by atoms with E-state index in [0.717, 1.165) is 21.5 Å². The van der Waals surface area contributed by atoms with Gasteiger partial charge in [-0.2, -0.15) is 0 Å². The van der Waals surface area contributed by atoms with E-state index in [1.165, 1.54) is 4.90 Å². The normalized spacial score (nSPS) is 10.6. The average Bonchev–Trinajstić information content (AvgIpc) is 2.76. The zero-order chi connectivity index (χ0) is 11.4. The Bertz CT molecular complexity index is 455. The van der Waals surface area contributed by atoms with Gasteiger partial charge in [0.1, 0.15) is 5.01 Å². The highest BCUT2D eigenvalue weighted by atomic mass is 35.5. The van der Waals surface area contributed by atoms with E-state index in [0.29, 0.717) is 0 Å². The Labute approximate surface area is 107 Å². The number of aliphatic hydroxyl groups excluding tert-OH is 1. The molecule has 2 aromatic rings. The first-order valence-electron chi connectivity index (χ1n) is 4.70. The third-order valence-corrected chi connectivity index (χ3v) is 4.29. The van der Waals surface area contributed by atoms with E-state index in [-0.39, 0.29) is 6.61 Å². The number of thioether (sulfide) groups is 1. The van der Waals surface area contributed by atoms with Gasteiger partial charge in [-0.1, -0.05) is 11.6 Å². The molecule has 0 aliphatic heterocycles. The summed E-state index contributed by atoms with van der Waals surface area (Å²) in [6, 6.07) is 7.75. The van der Waals surface area contributed by atoms with Crippen molar-refractivity contribution in [1.82, 2.24) is 4.98 Å². The van der Waals surface area contributed by atoms with E-state index in [2.05, 4.69) is 4.98 Å². The van der Waals surface area contributed by atoms with Gasteiger partial charge < -0.3 is 5.11 Å². The molecule has 0 atom stereocenters. The lowest BCUT2D eigenvalue weighted by Crippen LogP contribution is -1.84. The summed E-state index contributed by atoms with van der Waals surface area (Å²) >= 11 is 9.10. The van der Waals surface area contributed by atoms with Crippen molar-refractivity contribution in [2.75, 3.05) is 0 Å². The van der Waals surface area contributed by atoms with Crippen LogP contribution in [0.1, 0.15) is 10.7 Å². The molecular formula is C11H10ClNOS2. The SMILES string of the molecule is OCc1csc(CSc2ccc(Cl)cc2)n1. The largest absolute Gasteiger partial charge is 0.390 e. The molecule has 0 amide bonds. The van der Waals surface area contributed by atoms with E-state index >= 15 is 0 Å². The summed E-state index contributed by atoms with van der Waals surface area (Å²) in [5.74, 6) is 0.826. The zero-order valence-electron chi connectivity index (χ0n) is 8.39. The van der Waals surface area contributed by atoms with Gasteiger partial charge in [0.15, 0.2) is 0 Å². The average molecular weight is 272 g/mol. The second-order valence-electron chi connectivity index (χ2n) is 3.13. The van der Waals surface area contributed by atoms with Crippen molar-refractivity contribution >= 4 is 34.7 Å². The second-order valence-corrected chi connectivity index (χ2v) is 5.56. The van der Waals surface area contributed by atoms with Gasteiger partial charge in [0, 0.05) is 15.3 Å². The molecule has 16 heavy (non-hydrogen) atoms. The molecule has 0 spiro atoms. The summed E-state index contributed by atoms with van der Waals surface area (Å²) < 4.78 is 0. The summed E-state index contributed by atoms with van der Waals surface area (Å²) in [4.78, 5) is 5.45. The van der Waals surface area contributed by atoms with Gasteiger partial charge >= 0.3 is 0 Å². The predicted octanol–water partition coefficient (Wildman–Crippen LogP) is 3.58. The van der Waals surface area contributed by atoms with Crippen LogP contribution in [0.15, 0.2) is 34.5 Å². The number of rotatable bonds is 4. The third-order valence-electron chi connectivity index (χ3n) is 1.94. The Morgan fingerprint density at radius 2 is 2.06 bits per heavy atom. The Balaban J connectivity index is 1.94. The summed E-state index contributed by atoms with van der Waals surface area (Å²) in [5.41, 5.74) is 0.747. The minimum atomic E-state index is 0.0160. The first kappa shape index (κ1) is 11.9. The van der Waals surface area contributed by atoms with Gasteiger partial charge in [-0.25, -0.2) is 4.98 Å². The number of halogens is 1. The number of aliphatic hydroxyl groups is 1. The van der Waals surface area contributed by atoms with Crippen LogP contribution in [0.25, 0.3) is 0 Å². The van der Waals surface area contributed by atoms with E-state index in [4.69, 9.17) is 16.7 Å². The molecule has 2 rings (SSSR count). The van der Waals surface area contributed by atoms with Crippen molar-refractivity contribution in [3.05, 3.63) is 45.4 Å². The van der Waals surface area contributed by atoms with Crippen molar-refractivity contribution < 1.29 is 5.11 Å². The molecule has 0 radical (unpaired) electrons. The fourth-order valence-electron chi connectivity index (χ4n) is 1.16. The Hall–Kier alpha value is -0.550. The highest BCUT2D eigenvalue weighted by molar-refractivity contribution is 7.98. The molecule has 84 valence electrons. The van der Waals surface area contributed by atoms with Crippen LogP contribution in [0.5, 0.6) is 0 Å². The molecule has 0 aliphatic rings. The molecule has 1 N–H and O–H groups in total. The van der Waals surface area contributed by atoms with Crippen LogP contribution in [0.3, 0.4) is 0 Å². The Kier molecular flexibility index (Phi) is 4.23. The van der Waals surface area contributed by atoms with Crippen LogP contribution in [0, 0.1) is 0 Å². The van der Waals surface area contributed by atoms with Crippen molar-refractivity contribution in [2.24, 2.45) is 0 Å². The molecule has 0 fully saturated rings. The number of nitrogens with zero attached hydrogens (tertiary/aromatic N) is 1. The van der Waals surface area contributed by atoms with Gasteiger partial charge in [-0.3, -0.25) is 0 Å². The topological polar surface area (TPSA) is 33.1 Å². The van der Waals surface area contributed by atoms with Gasteiger partial charge in [0.25, 0.3) is 0 Å². The molecule has 0 unspecified atom stereocenters. The molecule has 0 bridgehead atoms. The lowest BCUT2D eigenvalue weighted by molar-refractivity contribution is 0.277. The lowest BCUT2D eigenvalue weighted by atomic mass is 10.4. The van der Waals surface area contributed by atoms with E-state index in [1.54, 1.807) is 23.1 Å². The van der Waals surface area contributed by atoms with Crippen molar-refractivity contribution in [3.63, 3.8) is 0 Å². The Morgan fingerprint density at radius 1 is 1.31 bits per heavy atom. The van der Waals surface area contributed by atoms with Crippen LogP contribution >= 0.6 is 34.7 Å². The second kappa shape index (κ2) is 5.68. The van der Waals surface area contributed by atoms with E-state index in [9.17, 15) is 0 Å². The highest BCUT2D eigenvalue weighted by Gasteiger charge is 2.02. The maximum Gasteiger partial charge on any atom is 0.103 e. The van der Waals surface area contributed by atoms with E-state index < -0.39 is 0 Å². The van der Waals surface area contributed by atoms with Crippen LogP contribution in [-0.2, 0) is 12.4 Å². The van der Waals surface area contributed by atoms with Gasteiger partial charge in [-0.15, -0.1) is 23.1 Å². The molecule has 0 saturated heterocycles. The molecule has 1 aromatic carbocycles. The van der Waals surface area contributed by atoms with Gasteiger partial charge in [0.05, 0.1) is 18.1 Å². The molecule has 0 aliphatic carbocycles. The van der Waals surface area contributed by atoms with Crippen molar-refractivity contribution in [3.8, 4) is 0 Å². The summed E-state index contributed by atoms with van der Waals surface area (Å²) in [6.45, 7) is 0.0160. The van der Waals surface area contributed by atoms with Gasteiger partial charge in [0.2, 0.25) is 0 Å². The highest BCUT2D eigenvalue weighted by Crippen LogP contribution is 2.25. The maximum absolute atomic E-state index is 8.89. The van der Waals surface area contributed by atoms with E-state index in [1.807, 2.05) is 29.6 Å². The van der Waals surface area contributed by atoms with Crippen LogP contribution < -0.4 is 0 Å². The first-order valence-corrected chi connectivity index (χ1v) is 6.95. The van der Waals surface area contributed by atoms with Gasteiger partial charge in [-0.05, 0) is 24.3 Å². The number of benzene rings is 1. The summed E-state index contributed by atoms with van der Waals surface area (Å²) in [5, 5.41) is 12.6. The number of thiazole rings is 1. The smallest absolute Gasteiger partial charge is 0.103 e. The number of hydrogen-bond donors (Lipinski definition) is 1. The molecule has 1 aromatic heterocycles. The standard InChI is InChI=1S/C11H10ClNOS2/c12-8-1-3-10(4-2-8)15-7-11-13-9(5-14)6-16-11/h1-4,6,14H,5,7H2. The minimum Gasteiger partial charge on any atom is -0.390 e. The van der Waals surface area contributed by atoms with Crippen LogP contribution in [0.4, 0.5) is 0 Å². The minimum absolute atomic E-state index is 0.0160. The zero-order valence-corrected chi connectivity index (χ0v) is 10.8. The van der Waals surface area contributed by atoms with Crippen LogP contribution in [-0.4, -0.2) is 10.1 Å². The molecular weight excluding hydrogens is 262 g/mol. The summed E-state index contributed by atoms with van der Waals surface area (Å²) in [7, 11) is 0.